The minimum absolute atomic E-state index is 0.305. The number of aromatic nitrogens is 2. The summed E-state index contributed by atoms with van der Waals surface area (Å²) in [5.74, 6) is 2.26. The number of amides is 1. The maximum Gasteiger partial charge on any atom is 0.272 e. The molecule has 0 aliphatic rings. The Morgan fingerprint density at radius 1 is 1.71 bits per heavy atom. The van der Waals surface area contributed by atoms with E-state index in [4.69, 9.17) is 18.0 Å². The van der Waals surface area contributed by atoms with Crippen LogP contribution in [-0.4, -0.2) is 21.2 Å². The lowest BCUT2D eigenvalue weighted by Crippen LogP contribution is -2.44. The molecule has 4 nitrogen and oxygen atoms in total. The first-order valence-corrected chi connectivity index (χ1v) is 5.71. The van der Waals surface area contributed by atoms with E-state index in [0.29, 0.717) is 22.8 Å². The second kappa shape index (κ2) is 4.80. The highest BCUT2D eigenvalue weighted by Gasteiger charge is 2.26. The van der Waals surface area contributed by atoms with Crippen molar-refractivity contribution >= 4 is 17.5 Å². The first-order chi connectivity index (χ1) is 7.84. The van der Waals surface area contributed by atoms with Gasteiger partial charge < -0.3 is 5.32 Å². The van der Waals surface area contributed by atoms with Gasteiger partial charge in [0, 0.05) is 7.05 Å². The lowest BCUT2D eigenvalue weighted by atomic mass is 10.00. The van der Waals surface area contributed by atoms with Gasteiger partial charge in [0.15, 0.2) is 0 Å². The van der Waals surface area contributed by atoms with E-state index in [1.165, 1.54) is 4.68 Å². The third-order valence-electron chi connectivity index (χ3n) is 2.78. The van der Waals surface area contributed by atoms with Crippen LogP contribution in [0.5, 0.6) is 0 Å². The number of carbonyl (C=O) groups is 1. The molecule has 0 radical (unpaired) electrons. The Balaban J connectivity index is 3.03. The molecular weight excluding hydrogens is 238 g/mol. The molecule has 0 spiro atoms. The normalized spacial score (nSPS) is 13.9. The van der Waals surface area contributed by atoms with Crippen molar-refractivity contribution < 1.29 is 4.79 Å². The fourth-order valence-electron chi connectivity index (χ4n) is 1.42. The van der Waals surface area contributed by atoms with Crippen molar-refractivity contribution in [1.29, 1.82) is 0 Å². The summed E-state index contributed by atoms with van der Waals surface area (Å²) in [5.41, 5.74) is 0.288. The number of carbonyl (C=O) groups excluding carboxylic acids is 1. The molecule has 0 unspecified atom stereocenters. The number of aryl methyl sites for hydroxylation is 2. The fraction of sp³-hybridized carbons (Fsp3) is 0.500. The van der Waals surface area contributed by atoms with Crippen LogP contribution >= 0.6 is 11.6 Å². The van der Waals surface area contributed by atoms with Crippen LogP contribution in [-0.2, 0) is 7.05 Å². The summed E-state index contributed by atoms with van der Waals surface area (Å²) < 4.78 is 1.46. The maximum atomic E-state index is 12.1. The quantitative estimate of drug-likeness (QED) is 0.837. The lowest BCUT2D eigenvalue weighted by molar-refractivity contribution is 0.0914. The number of hydrogen-bond acceptors (Lipinski definition) is 2. The molecule has 1 rings (SSSR count). The van der Waals surface area contributed by atoms with Gasteiger partial charge in [0.25, 0.3) is 5.91 Å². The van der Waals surface area contributed by atoms with E-state index < -0.39 is 5.54 Å². The summed E-state index contributed by atoms with van der Waals surface area (Å²) in [6, 6.07) is 0. The molecule has 0 aliphatic carbocycles. The molecule has 0 saturated heterocycles. The van der Waals surface area contributed by atoms with Gasteiger partial charge in [-0.25, -0.2) is 0 Å². The van der Waals surface area contributed by atoms with E-state index in [1.807, 2.05) is 6.92 Å². The summed E-state index contributed by atoms with van der Waals surface area (Å²) >= 11 is 6.03. The van der Waals surface area contributed by atoms with Crippen molar-refractivity contribution in [2.75, 3.05) is 0 Å². The van der Waals surface area contributed by atoms with Crippen LogP contribution in [0.4, 0.5) is 0 Å². The van der Waals surface area contributed by atoms with Crippen LogP contribution in [0, 0.1) is 19.3 Å². The topological polar surface area (TPSA) is 46.9 Å². The molecule has 0 saturated carbocycles. The molecule has 0 bridgehead atoms. The van der Waals surface area contributed by atoms with Gasteiger partial charge in [-0.05, 0) is 20.3 Å². The molecule has 1 amide bonds. The first kappa shape index (κ1) is 13.6. The molecule has 5 heteroatoms. The molecule has 1 atom stereocenters. The van der Waals surface area contributed by atoms with Gasteiger partial charge in [-0.1, -0.05) is 24.4 Å². The van der Waals surface area contributed by atoms with Crippen molar-refractivity contribution in [2.24, 2.45) is 7.05 Å². The average Bonchev–Trinajstić information content (AvgIpc) is 2.53. The number of nitrogens with one attached hydrogen (secondary N) is 1. The van der Waals surface area contributed by atoms with Crippen LogP contribution in [0.15, 0.2) is 0 Å². The smallest absolute Gasteiger partial charge is 0.272 e. The van der Waals surface area contributed by atoms with Crippen molar-refractivity contribution in [3.05, 3.63) is 16.4 Å². The third kappa shape index (κ3) is 2.62. The molecule has 0 aliphatic heterocycles. The van der Waals surface area contributed by atoms with Gasteiger partial charge in [0.1, 0.15) is 5.69 Å². The SMILES string of the molecule is C#C[C@](C)(CC)NC(=O)c1c(Cl)c(C)nn1C. The Morgan fingerprint density at radius 3 is 2.65 bits per heavy atom. The molecule has 0 aromatic carbocycles. The summed E-state index contributed by atoms with van der Waals surface area (Å²) in [5, 5.41) is 7.23. The predicted octanol–water partition coefficient (Wildman–Crippen LogP) is 1.91. The zero-order valence-corrected chi connectivity index (χ0v) is 11.2. The Labute approximate surface area is 106 Å². The Bertz CT molecular complexity index is 487. The van der Waals surface area contributed by atoms with Gasteiger partial charge >= 0.3 is 0 Å². The zero-order valence-electron chi connectivity index (χ0n) is 10.5. The first-order valence-electron chi connectivity index (χ1n) is 5.34. The van der Waals surface area contributed by atoms with Crippen LogP contribution in [0.2, 0.25) is 5.02 Å². The van der Waals surface area contributed by atoms with Gasteiger partial charge in [-0.3, -0.25) is 9.48 Å². The van der Waals surface area contributed by atoms with E-state index >= 15 is 0 Å². The average molecular weight is 254 g/mol. The van der Waals surface area contributed by atoms with E-state index in [-0.39, 0.29) is 5.91 Å². The van der Waals surface area contributed by atoms with Crippen molar-refractivity contribution in [2.45, 2.75) is 32.7 Å². The van der Waals surface area contributed by atoms with Crippen LogP contribution in [0.1, 0.15) is 36.5 Å². The van der Waals surface area contributed by atoms with E-state index in [2.05, 4.69) is 16.3 Å². The molecule has 1 N–H and O–H groups in total. The largest absolute Gasteiger partial charge is 0.335 e. The Morgan fingerprint density at radius 2 is 2.29 bits per heavy atom. The van der Waals surface area contributed by atoms with Crippen molar-refractivity contribution in [3.8, 4) is 12.3 Å². The van der Waals surface area contributed by atoms with Gasteiger partial charge in [-0.15, -0.1) is 6.42 Å². The molecule has 0 fully saturated rings. The maximum absolute atomic E-state index is 12.1. The summed E-state index contributed by atoms with van der Waals surface area (Å²) in [6.07, 6.45) is 6.05. The molecule has 17 heavy (non-hydrogen) atoms. The third-order valence-corrected chi connectivity index (χ3v) is 3.23. The van der Waals surface area contributed by atoms with Crippen molar-refractivity contribution in [1.82, 2.24) is 15.1 Å². The predicted molar refractivity (Wildman–Crippen MR) is 68.0 cm³/mol. The van der Waals surface area contributed by atoms with Crippen molar-refractivity contribution in [3.63, 3.8) is 0 Å². The summed E-state index contributed by atoms with van der Waals surface area (Å²) in [7, 11) is 1.67. The molecule has 1 aromatic heterocycles. The van der Waals surface area contributed by atoms with Gasteiger partial charge in [0.05, 0.1) is 16.3 Å². The number of hydrogen-bond donors (Lipinski definition) is 1. The van der Waals surface area contributed by atoms with E-state index in [1.54, 1.807) is 20.9 Å². The summed E-state index contributed by atoms with van der Waals surface area (Å²) in [6.45, 7) is 5.46. The molecular formula is C12H16ClN3O. The van der Waals surface area contributed by atoms with Gasteiger partial charge in [0.2, 0.25) is 0 Å². The monoisotopic (exact) mass is 253 g/mol. The molecule has 1 heterocycles. The van der Waals surface area contributed by atoms with Crippen LogP contribution < -0.4 is 5.32 Å². The van der Waals surface area contributed by atoms with E-state index in [0.717, 1.165) is 0 Å². The highest BCUT2D eigenvalue weighted by molar-refractivity contribution is 6.34. The molecule has 92 valence electrons. The number of nitrogens with zero attached hydrogens (tertiary/aromatic N) is 2. The minimum Gasteiger partial charge on any atom is -0.335 e. The summed E-state index contributed by atoms with van der Waals surface area (Å²) in [4.78, 5) is 12.1. The highest BCUT2D eigenvalue weighted by Crippen LogP contribution is 2.20. The molecule has 1 aromatic rings. The second-order valence-electron chi connectivity index (χ2n) is 4.16. The van der Waals surface area contributed by atoms with Gasteiger partial charge in [-0.2, -0.15) is 5.10 Å². The number of terminal acetylenes is 1. The van der Waals surface area contributed by atoms with Crippen LogP contribution in [0.3, 0.4) is 0 Å². The Kier molecular flexibility index (Phi) is 3.84. The fourth-order valence-corrected chi connectivity index (χ4v) is 1.66. The Hall–Kier alpha value is -1.47. The van der Waals surface area contributed by atoms with Crippen LogP contribution in [0.25, 0.3) is 0 Å². The van der Waals surface area contributed by atoms with E-state index in [9.17, 15) is 4.79 Å². The number of halogens is 1. The highest BCUT2D eigenvalue weighted by atomic mass is 35.5. The second-order valence-corrected chi connectivity index (χ2v) is 4.53. The minimum atomic E-state index is -0.668. The zero-order chi connectivity index (χ0) is 13.2. The lowest BCUT2D eigenvalue weighted by Gasteiger charge is -2.23. The number of rotatable bonds is 3. The standard InChI is InChI=1S/C12H16ClN3O/c1-6-12(4,7-2)14-11(17)10-9(13)8(3)15-16(10)5/h1H,7H2,2-5H3,(H,14,17)/t12-/m1/s1.